The van der Waals surface area contributed by atoms with Gasteiger partial charge in [0.05, 0.1) is 24.5 Å². The third-order valence-electron chi connectivity index (χ3n) is 5.53. The van der Waals surface area contributed by atoms with Crippen molar-refractivity contribution in [3.63, 3.8) is 0 Å². The van der Waals surface area contributed by atoms with Crippen molar-refractivity contribution < 1.29 is 13.9 Å². The molecule has 2 N–H and O–H groups in total. The summed E-state index contributed by atoms with van der Waals surface area (Å²) in [6, 6.07) is 15.7. The smallest absolute Gasteiger partial charge is 0.124 e. The van der Waals surface area contributed by atoms with Crippen molar-refractivity contribution in [1.82, 2.24) is 4.98 Å². The number of hydrogen-bond donors (Lipinski definition) is 1. The van der Waals surface area contributed by atoms with E-state index < -0.39 is 5.82 Å². The number of benzene rings is 2. The highest BCUT2D eigenvalue weighted by atomic mass is 19.1. The molecule has 2 aromatic carbocycles. The fraction of sp³-hybridized carbons (Fsp3) is 0.250. The van der Waals surface area contributed by atoms with E-state index in [2.05, 4.69) is 16.0 Å². The monoisotopic (exact) mass is 418 g/mol. The minimum Gasteiger partial charge on any atom is -0.497 e. The summed E-state index contributed by atoms with van der Waals surface area (Å²) in [7, 11) is 3.33. The topological polar surface area (TPSA) is 84.4 Å². The molecule has 31 heavy (non-hydrogen) atoms. The molecule has 1 fully saturated rings. The first-order valence-corrected chi connectivity index (χ1v) is 9.96. The fourth-order valence-corrected chi connectivity index (χ4v) is 3.94. The lowest BCUT2D eigenvalue weighted by molar-refractivity contribution is 0.121. The van der Waals surface area contributed by atoms with Crippen LogP contribution >= 0.6 is 0 Å². The Morgan fingerprint density at radius 3 is 2.68 bits per heavy atom. The highest BCUT2D eigenvalue weighted by Gasteiger charge is 2.24. The number of methoxy groups -OCH3 is 2. The highest BCUT2D eigenvalue weighted by molar-refractivity contribution is 5.83. The average Bonchev–Trinajstić information content (AvgIpc) is 3.27. The van der Waals surface area contributed by atoms with E-state index in [-0.39, 0.29) is 11.9 Å². The van der Waals surface area contributed by atoms with Gasteiger partial charge in [0, 0.05) is 43.1 Å². The van der Waals surface area contributed by atoms with Crippen LogP contribution in [0.25, 0.3) is 22.4 Å². The minimum atomic E-state index is -0.405. The molecule has 1 unspecified atom stereocenters. The van der Waals surface area contributed by atoms with Crippen LogP contribution in [0.5, 0.6) is 5.75 Å². The molecule has 0 amide bonds. The largest absolute Gasteiger partial charge is 0.497 e. The number of nitrogen functional groups attached to an aromatic ring is 1. The Labute approximate surface area is 180 Å². The number of aromatic nitrogens is 1. The molecule has 0 saturated carbocycles. The van der Waals surface area contributed by atoms with Crippen LogP contribution in [0.15, 0.2) is 48.5 Å². The lowest BCUT2D eigenvalue weighted by Gasteiger charge is -2.21. The maximum absolute atomic E-state index is 13.8. The van der Waals surface area contributed by atoms with Crippen LogP contribution in [0.4, 0.5) is 15.9 Å². The number of nitriles is 1. The van der Waals surface area contributed by atoms with Crippen molar-refractivity contribution in [1.29, 1.82) is 5.26 Å². The van der Waals surface area contributed by atoms with E-state index >= 15 is 0 Å². The van der Waals surface area contributed by atoms with Crippen molar-refractivity contribution in [2.75, 3.05) is 37.9 Å². The van der Waals surface area contributed by atoms with Crippen LogP contribution in [0, 0.1) is 17.1 Å². The molecule has 4 rings (SSSR count). The molecule has 2 heterocycles. The molecule has 158 valence electrons. The average molecular weight is 418 g/mol. The number of nitrogens with zero attached hydrogens (tertiary/aromatic N) is 3. The van der Waals surface area contributed by atoms with Gasteiger partial charge >= 0.3 is 0 Å². The van der Waals surface area contributed by atoms with E-state index in [1.807, 2.05) is 18.2 Å². The summed E-state index contributed by atoms with van der Waals surface area (Å²) >= 11 is 0. The second kappa shape index (κ2) is 8.62. The van der Waals surface area contributed by atoms with Gasteiger partial charge in [-0.1, -0.05) is 12.1 Å². The van der Waals surface area contributed by atoms with Gasteiger partial charge in [0.2, 0.25) is 0 Å². The van der Waals surface area contributed by atoms with Crippen molar-refractivity contribution >= 4 is 11.5 Å². The molecule has 0 radical (unpaired) electrons. The van der Waals surface area contributed by atoms with E-state index in [0.29, 0.717) is 28.1 Å². The van der Waals surface area contributed by atoms with Crippen molar-refractivity contribution in [2.45, 2.75) is 12.5 Å². The molecular weight excluding hydrogens is 395 g/mol. The molecule has 1 atom stereocenters. The normalized spacial score (nSPS) is 15.7. The summed E-state index contributed by atoms with van der Waals surface area (Å²) in [5.74, 6) is 0.510. The van der Waals surface area contributed by atoms with E-state index in [1.165, 1.54) is 12.1 Å². The fourth-order valence-electron chi connectivity index (χ4n) is 3.94. The van der Waals surface area contributed by atoms with Gasteiger partial charge in [0.1, 0.15) is 23.5 Å². The maximum atomic E-state index is 13.8. The second-order valence-corrected chi connectivity index (χ2v) is 7.45. The van der Waals surface area contributed by atoms with Gasteiger partial charge in [-0.05, 0) is 42.3 Å². The van der Waals surface area contributed by atoms with Crippen LogP contribution in [-0.2, 0) is 4.74 Å². The van der Waals surface area contributed by atoms with E-state index in [0.717, 1.165) is 30.8 Å². The molecule has 0 spiro atoms. The summed E-state index contributed by atoms with van der Waals surface area (Å²) in [4.78, 5) is 6.56. The molecule has 3 aromatic rings. The SMILES string of the molecule is COc1cc(-c2cc(N)nc(-c3cccc(F)c3)c2C#N)cc(N2CCC(OC)C2)c1. The van der Waals surface area contributed by atoms with Gasteiger partial charge in [-0.25, -0.2) is 9.37 Å². The van der Waals surface area contributed by atoms with Crippen LogP contribution in [0.3, 0.4) is 0 Å². The van der Waals surface area contributed by atoms with Crippen molar-refractivity contribution in [2.24, 2.45) is 0 Å². The summed E-state index contributed by atoms with van der Waals surface area (Å²) in [6.45, 7) is 1.64. The summed E-state index contributed by atoms with van der Waals surface area (Å²) in [6.07, 6.45) is 1.12. The molecule has 1 aliphatic rings. The summed E-state index contributed by atoms with van der Waals surface area (Å²) < 4.78 is 24.8. The number of halogens is 1. The lowest BCUT2D eigenvalue weighted by atomic mass is 9.95. The molecule has 6 nitrogen and oxygen atoms in total. The Balaban J connectivity index is 1.86. The Kier molecular flexibility index (Phi) is 5.74. The predicted molar refractivity (Wildman–Crippen MR) is 118 cm³/mol. The molecule has 1 aromatic heterocycles. The van der Waals surface area contributed by atoms with Gasteiger partial charge in [-0.15, -0.1) is 0 Å². The quantitative estimate of drug-likeness (QED) is 0.667. The van der Waals surface area contributed by atoms with Crippen LogP contribution in [-0.4, -0.2) is 38.4 Å². The number of hydrogen-bond acceptors (Lipinski definition) is 6. The van der Waals surface area contributed by atoms with Gasteiger partial charge in [0.25, 0.3) is 0 Å². The highest BCUT2D eigenvalue weighted by Crippen LogP contribution is 2.37. The van der Waals surface area contributed by atoms with Crippen molar-refractivity contribution in [3.8, 4) is 34.2 Å². The Morgan fingerprint density at radius 2 is 2.00 bits per heavy atom. The van der Waals surface area contributed by atoms with Gasteiger partial charge in [-0.2, -0.15) is 5.26 Å². The zero-order valence-corrected chi connectivity index (χ0v) is 17.4. The second-order valence-electron chi connectivity index (χ2n) is 7.45. The number of pyridine rings is 1. The zero-order valence-electron chi connectivity index (χ0n) is 17.4. The van der Waals surface area contributed by atoms with Crippen LogP contribution in [0.2, 0.25) is 0 Å². The van der Waals surface area contributed by atoms with E-state index in [9.17, 15) is 9.65 Å². The molecule has 1 aliphatic heterocycles. The first kappa shape index (κ1) is 20.6. The summed E-state index contributed by atoms with van der Waals surface area (Å²) in [5, 5.41) is 9.97. The van der Waals surface area contributed by atoms with Gasteiger partial charge < -0.3 is 20.1 Å². The summed E-state index contributed by atoms with van der Waals surface area (Å²) in [5.41, 5.74) is 9.64. The standard InChI is InChI=1S/C24H23FN4O2/c1-30-19-6-7-29(14-19)18-9-16(10-20(11-18)31-2)21-12-23(27)28-24(22(21)13-26)15-4-3-5-17(25)8-15/h3-5,8-12,19H,6-7,14H2,1-2H3,(H2,27,28). The Morgan fingerprint density at radius 1 is 1.16 bits per heavy atom. The third-order valence-corrected chi connectivity index (χ3v) is 5.53. The number of ether oxygens (including phenoxy) is 2. The molecule has 7 heteroatoms. The Hall–Kier alpha value is -3.63. The zero-order chi connectivity index (χ0) is 22.0. The molecular formula is C24H23FN4O2. The van der Waals surface area contributed by atoms with Gasteiger partial charge in [0.15, 0.2) is 0 Å². The maximum Gasteiger partial charge on any atom is 0.124 e. The Bertz CT molecular complexity index is 1160. The molecule has 0 bridgehead atoms. The first-order chi connectivity index (χ1) is 15.0. The number of anilines is 2. The first-order valence-electron chi connectivity index (χ1n) is 9.96. The van der Waals surface area contributed by atoms with Gasteiger partial charge in [-0.3, -0.25) is 0 Å². The number of nitrogens with two attached hydrogens (primary N) is 1. The van der Waals surface area contributed by atoms with Crippen molar-refractivity contribution in [3.05, 3.63) is 59.9 Å². The minimum absolute atomic E-state index is 0.181. The molecule has 0 aliphatic carbocycles. The lowest BCUT2D eigenvalue weighted by Crippen LogP contribution is -2.22. The van der Waals surface area contributed by atoms with Crippen LogP contribution in [0.1, 0.15) is 12.0 Å². The van der Waals surface area contributed by atoms with E-state index in [4.69, 9.17) is 15.2 Å². The number of rotatable bonds is 5. The van der Waals surface area contributed by atoms with Crippen LogP contribution < -0.4 is 15.4 Å². The molecule has 1 saturated heterocycles. The third kappa shape index (κ3) is 4.16. The van der Waals surface area contributed by atoms with E-state index in [1.54, 1.807) is 32.4 Å². The predicted octanol–water partition coefficient (Wildman–Crippen LogP) is 4.24.